The van der Waals surface area contributed by atoms with E-state index in [9.17, 15) is 9.18 Å². The Kier molecular flexibility index (Phi) is 5.23. The minimum absolute atomic E-state index is 0.139. The minimum atomic E-state index is -0.331. The maximum Gasteiger partial charge on any atom is 0.221 e. The van der Waals surface area contributed by atoms with Gasteiger partial charge in [0.15, 0.2) is 0 Å². The molecular weight excluding hydrogens is 317 g/mol. The van der Waals surface area contributed by atoms with Gasteiger partial charge in [-0.25, -0.2) is 9.37 Å². The maximum atomic E-state index is 14.3. The second-order valence-electron chi connectivity index (χ2n) is 5.94. The lowest BCUT2D eigenvalue weighted by Gasteiger charge is -2.18. The van der Waals surface area contributed by atoms with Gasteiger partial charge < -0.3 is 10.3 Å². The van der Waals surface area contributed by atoms with Crippen molar-refractivity contribution in [2.45, 2.75) is 25.8 Å². The molecule has 2 N–H and O–H groups in total. The molecule has 4 nitrogen and oxygen atoms in total. The highest BCUT2D eigenvalue weighted by molar-refractivity contribution is 5.77. The van der Waals surface area contributed by atoms with Crippen molar-refractivity contribution in [3.8, 4) is 0 Å². The molecule has 0 bridgehead atoms. The Bertz CT molecular complexity index is 845. The number of hydrogen-bond acceptors (Lipinski definition) is 2. The van der Waals surface area contributed by atoms with Crippen LogP contribution in [0.1, 0.15) is 34.9 Å². The fourth-order valence-corrected chi connectivity index (χ4v) is 2.86. The number of aryl methyl sites for hydroxylation is 1. The lowest BCUT2D eigenvalue weighted by Crippen LogP contribution is -2.25. The summed E-state index contributed by atoms with van der Waals surface area (Å²) in [5.74, 6) is -0.769. The highest BCUT2D eigenvalue weighted by atomic mass is 19.1. The Hall–Kier alpha value is -2.95. The highest BCUT2D eigenvalue weighted by Gasteiger charge is 2.21. The summed E-state index contributed by atoms with van der Waals surface area (Å²) < 4.78 is 14.3. The summed E-state index contributed by atoms with van der Waals surface area (Å²) >= 11 is 0. The molecule has 3 rings (SSSR count). The third-order valence-corrected chi connectivity index (χ3v) is 4.26. The molecule has 0 radical (unpaired) electrons. The molecule has 0 fully saturated rings. The molecule has 1 aromatic heterocycles. The lowest BCUT2D eigenvalue weighted by atomic mass is 9.88. The van der Waals surface area contributed by atoms with Gasteiger partial charge in [-0.2, -0.15) is 0 Å². The van der Waals surface area contributed by atoms with Crippen molar-refractivity contribution in [1.82, 2.24) is 15.3 Å². The first-order valence-electron chi connectivity index (χ1n) is 8.20. The van der Waals surface area contributed by atoms with E-state index < -0.39 is 0 Å². The zero-order chi connectivity index (χ0) is 17.6. The summed E-state index contributed by atoms with van der Waals surface area (Å²) in [5.41, 5.74) is 3.17. The van der Waals surface area contributed by atoms with Crippen molar-refractivity contribution in [3.63, 3.8) is 0 Å². The summed E-state index contributed by atoms with van der Waals surface area (Å²) in [6.07, 6.45) is 1.78. The third-order valence-electron chi connectivity index (χ3n) is 4.26. The molecule has 1 heterocycles. The highest BCUT2D eigenvalue weighted by Crippen LogP contribution is 2.29. The van der Waals surface area contributed by atoms with Crippen LogP contribution in [0.2, 0.25) is 0 Å². The number of rotatable bonds is 6. The Labute approximate surface area is 146 Å². The van der Waals surface area contributed by atoms with Gasteiger partial charge in [0, 0.05) is 18.0 Å². The number of benzene rings is 2. The number of hydrogen-bond donors (Lipinski definition) is 2. The molecule has 0 aliphatic rings. The van der Waals surface area contributed by atoms with Crippen LogP contribution in [-0.2, 0) is 11.3 Å². The summed E-state index contributed by atoms with van der Waals surface area (Å²) in [6.45, 7) is 2.26. The summed E-state index contributed by atoms with van der Waals surface area (Å²) in [7, 11) is 0. The predicted molar refractivity (Wildman–Crippen MR) is 94.5 cm³/mol. The molecule has 0 spiro atoms. The number of halogens is 1. The topological polar surface area (TPSA) is 57.8 Å². The van der Waals surface area contributed by atoms with E-state index in [1.165, 1.54) is 6.07 Å². The van der Waals surface area contributed by atoms with Crippen LogP contribution < -0.4 is 5.32 Å². The average molecular weight is 337 g/mol. The number of imidazole rings is 1. The molecule has 1 atom stereocenters. The van der Waals surface area contributed by atoms with Crippen LogP contribution >= 0.6 is 0 Å². The van der Waals surface area contributed by atoms with E-state index in [0.29, 0.717) is 12.1 Å². The van der Waals surface area contributed by atoms with E-state index in [-0.39, 0.29) is 24.1 Å². The second kappa shape index (κ2) is 7.75. The van der Waals surface area contributed by atoms with Crippen LogP contribution in [0.5, 0.6) is 0 Å². The van der Waals surface area contributed by atoms with E-state index in [0.717, 1.165) is 17.0 Å². The number of nitrogens with one attached hydrogen (secondary N) is 2. The van der Waals surface area contributed by atoms with Gasteiger partial charge in [-0.05, 0) is 24.1 Å². The van der Waals surface area contributed by atoms with Crippen LogP contribution in [0.15, 0.2) is 60.9 Å². The molecule has 0 saturated heterocycles. The fraction of sp³-hybridized carbons (Fsp3) is 0.200. The molecule has 0 saturated carbocycles. The van der Waals surface area contributed by atoms with E-state index in [2.05, 4.69) is 15.3 Å². The number of carbonyl (C=O) groups is 1. The van der Waals surface area contributed by atoms with E-state index in [1.807, 2.05) is 37.3 Å². The second-order valence-corrected chi connectivity index (χ2v) is 5.94. The first-order valence-corrected chi connectivity index (χ1v) is 8.20. The molecule has 3 aromatic rings. The SMILES string of the molecule is Cc1[nH]cnc1CNC(=O)C[C@H](c1ccccc1)c1ccccc1F. The van der Waals surface area contributed by atoms with Crippen molar-refractivity contribution < 1.29 is 9.18 Å². The number of amides is 1. The van der Waals surface area contributed by atoms with Gasteiger partial charge in [-0.1, -0.05) is 48.5 Å². The standard InChI is InChI=1S/C20H20FN3O/c1-14-19(24-13-23-14)12-22-20(25)11-17(15-7-3-2-4-8-15)16-9-5-6-10-18(16)21/h2-10,13,17H,11-12H2,1H3,(H,22,25)(H,23,24)/t17-/m1/s1. The third kappa shape index (κ3) is 4.12. The number of aromatic nitrogens is 2. The van der Waals surface area contributed by atoms with Crippen LogP contribution in [0.4, 0.5) is 4.39 Å². The van der Waals surface area contributed by atoms with Gasteiger partial charge in [0.2, 0.25) is 5.91 Å². The maximum absolute atomic E-state index is 14.3. The largest absolute Gasteiger partial charge is 0.350 e. The molecule has 128 valence electrons. The van der Waals surface area contributed by atoms with Crippen molar-refractivity contribution in [2.75, 3.05) is 0 Å². The van der Waals surface area contributed by atoms with Gasteiger partial charge in [0.1, 0.15) is 5.82 Å². The normalized spacial score (nSPS) is 11.9. The summed E-state index contributed by atoms with van der Waals surface area (Å²) in [6, 6.07) is 16.1. The Balaban J connectivity index is 1.77. The number of H-pyrrole nitrogens is 1. The van der Waals surface area contributed by atoms with Gasteiger partial charge in [0.25, 0.3) is 0 Å². The average Bonchev–Trinajstić information content (AvgIpc) is 3.04. The van der Waals surface area contributed by atoms with Gasteiger partial charge in [-0.15, -0.1) is 0 Å². The molecule has 0 unspecified atom stereocenters. The first kappa shape index (κ1) is 16.9. The van der Waals surface area contributed by atoms with Crippen molar-refractivity contribution >= 4 is 5.91 Å². The first-order chi connectivity index (χ1) is 12.1. The molecular formula is C20H20FN3O. The van der Waals surface area contributed by atoms with E-state index in [1.54, 1.807) is 24.5 Å². The van der Waals surface area contributed by atoms with Crippen LogP contribution in [0.25, 0.3) is 0 Å². The van der Waals surface area contributed by atoms with Crippen molar-refractivity contribution in [1.29, 1.82) is 0 Å². The van der Waals surface area contributed by atoms with E-state index in [4.69, 9.17) is 0 Å². The van der Waals surface area contributed by atoms with Crippen LogP contribution in [-0.4, -0.2) is 15.9 Å². The summed E-state index contributed by atoms with van der Waals surface area (Å²) in [5, 5.41) is 2.87. The Morgan fingerprint density at radius 1 is 1.16 bits per heavy atom. The number of aromatic amines is 1. The van der Waals surface area contributed by atoms with Gasteiger partial charge in [-0.3, -0.25) is 4.79 Å². The zero-order valence-corrected chi connectivity index (χ0v) is 14.0. The molecule has 5 heteroatoms. The van der Waals surface area contributed by atoms with Crippen LogP contribution in [0.3, 0.4) is 0 Å². The zero-order valence-electron chi connectivity index (χ0n) is 14.0. The Morgan fingerprint density at radius 3 is 2.56 bits per heavy atom. The fourth-order valence-electron chi connectivity index (χ4n) is 2.86. The monoisotopic (exact) mass is 337 g/mol. The molecule has 25 heavy (non-hydrogen) atoms. The number of nitrogens with zero attached hydrogens (tertiary/aromatic N) is 1. The molecule has 0 aliphatic carbocycles. The predicted octanol–water partition coefficient (Wildman–Crippen LogP) is 3.70. The molecule has 0 aliphatic heterocycles. The van der Waals surface area contributed by atoms with Gasteiger partial charge in [0.05, 0.1) is 18.6 Å². The van der Waals surface area contributed by atoms with Crippen molar-refractivity contribution in [2.24, 2.45) is 0 Å². The smallest absolute Gasteiger partial charge is 0.221 e. The van der Waals surface area contributed by atoms with Crippen LogP contribution in [0, 0.1) is 12.7 Å². The lowest BCUT2D eigenvalue weighted by molar-refractivity contribution is -0.121. The summed E-state index contributed by atoms with van der Waals surface area (Å²) in [4.78, 5) is 19.6. The minimum Gasteiger partial charge on any atom is -0.350 e. The number of carbonyl (C=O) groups excluding carboxylic acids is 1. The molecule has 2 aromatic carbocycles. The quantitative estimate of drug-likeness (QED) is 0.721. The van der Waals surface area contributed by atoms with E-state index >= 15 is 0 Å². The van der Waals surface area contributed by atoms with Gasteiger partial charge >= 0.3 is 0 Å². The van der Waals surface area contributed by atoms with Crippen molar-refractivity contribution in [3.05, 3.63) is 89.3 Å². The molecule has 1 amide bonds. The Morgan fingerprint density at radius 2 is 1.88 bits per heavy atom.